The molecule has 1 saturated carbocycles. The van der Waals surface area contributed by atoms with E-state index in [1.807, 2.05) is 0 Å². The van der Waals surface area contributed by atoms with Gasteiger partial charge in [0.05, 0.1) is 6.61 Å². The summed E-state index contributed by atoms with van der Waals surface area (Å²) in [5.74, 6) is -1.92. The summed E-state index contributed by atoms with van der Waals surface area (Å²) in [5, 5.41) is 3.25. The first-order valence-corrected chi connectivity index (χ1v) is 7.86. The zero-order valence-corrected chi connectivity index (χ0v) is 12.9. The van der Waals surface area contributed by atoms with E-state index in [0.29, 0.717) is 24.3 Å². The summed E-state index contributed by atoms with van der Waals surface area (Å²) in [6.07, 6.45) is 2.12. The highest BCUT2D eigenvalue weighted by molar-refractivity contribution is 8.00. The molecule has 1 aromatic carbocycles. The largest absolute Gasteiger partial charge is 0.465 e. The van der Waals surface area contributed by atoms with Gasteiger partial charge in [0.1, 0.15) is 5.54 Å². The molecule has 0 spiro atoms. The number of nitrogens with one attached hydrogen (secondary N) is 1. The fraction of sp³-hybridized carbons (Fsp3) is 0.533. The number of ether oxygens (including phenoxy) is 1. The molecule has 2 atom stereocenters. The zero-order valence-electron chi connectivity index (χ0n) is 12.1. The maximum absolute atomic E-state index is 13.2. The van der Waals surface area contributed by atoms with Gasteiger partial charge in [-0.05, 0) is 51.4 Å². The smallest absolute Gasteiger partial charge is 0.326 e. The monoisotopic (exact) mass is 315 g/mol. The van der Waals surface area contributed by atoms with Crippen molar-refractivity contribution in [3.8, 4) is 0 Å². The van der Waals surface area contributed by atoms with Crippen LogP contribution in [0.4, 0.5) is 8.78 Å². The Hall–Kier alpha value is -1.14. The first-order chi connectivity index (χ1) is 10.0. The molecule has 1 aliphatic rings. The average Bonchev–Trinajstić information content (AvgIpc) is 2.88. The SMILES string of the molecule is CCOC(=O)C1(NC)CCC(Sc2ccc(F)c(F)c2)C1. The van der Waals surface area contributed by atoms with E-state index in [9.17, 15) is 13.6 Å². The van der Waals surface area contributed by atoms with Crippen LogP contribution in [0.15, 0.2) is 23.1 Å². The summed E-state index contributed by atoms with van der Waals surface area (Å²) in [6, 6.07) is 3.89. The molecule has 6 heteroatoms. The molecule has 21 heavy (non-hydrogen) atoms. The molecule has 116 valence electrons. The Labute approximate surface area is 127 Å². The van der Waals surface area contributed by atoms with E-state index in [-0.39, 0.29) is 11.2 Å². The van der Waals surface area contributed by atoms with E-state index in [2.05, 4.69) is 5.32 Å². The predicted molar refractivity (Wildman–Crippen MR) is 78.3 cm³/mol. The summed E-state index contributed by atoms with van der Waals surface area (Å²) >= 11 is 1.47. The van der Waals surface area contributed by atoms with Crippen molar-refractivity contribution in [3.05, 3.63) is 29.8 Å². The number of hydrogen-bond donors (Lipinski definition) is 1. The van der Waals surface area contributed by atoms with Crippen LogP contribution in [0.1, 0.15) is 26.2 Å². The number of benzene rings is 1. The van der Waals surface area contributed by atoms with Crippen molar-refractivity contribution in [1.82, 2.24) is 5.32 Å². The van der Waals surface area contributed by atoms with Gasteiger partial charge in [-0.15, -0.1) is 11.8 Å². The number of likely N-dealkylation sites (N-methyl/N-ethyl adjacent to an activating group) is 1. The van der Waals surface area contributed by atoms with Crippen LogP contribution in [-0.2, 0) is 9.53 Å². The van der Waals surface area contributed by atoms with Gasteiger partial charge in [0.25, 0.3) is 0 Å². The molecule has 1 aromatic rings. The highest BCUT2D eigenvalue weighted by atomic mass is 32.2. The normalized spacial score (nSPS) is 25.0. The summed E-state index contributed by atoms with van der Waals surface area (Å²) < 4.78 is 31.3. The third-order valence-electron chi connectivity index (χ3n) is 3.81. The number of carbonyl (C=O) groups excluding carboxylic acids is 1. The van der Waals surface area contributed by atoms with Crippen molar-refractivity contribution in [3.63, 3.8) is 0 Å². The van der Waals surface area contributed by atoms with Gasteiger partial charge < -0.3 is 10.1 Å². The van der Waals surface area contributed by atoms with Gasteiger partial charge in [0, 0.05) is 10.1 Å². The van der Waals surface area contributed by atoms with E-state index < -0.39 is 17.2 Å². The second-order valence-electron chi connectivity index (χ2n) is 5.11. The van der Waals surface area contributed by atoms with Crippen molar-refractivity contribution in [2.24, 2.45) is 0 Å². The van der Waals surface area contributed by atoms with Crippen molar-refractivity contribution in [2.75, 3.05) is 13.7 Å². The fourth-order valence-electron chi connectivity index (χ4n) is 2.63. The topological polar surface area (TPSA) is 38.3 Å². The van der Waals surface area contributed by atoms with Crippen LogP contribution in [0.5, 0.6) is 0 Å². The van der Waals surface area contributed by atoms with E-state index in [0.717, 1.165) is 12.5 Å². The number of esters is 1. The molecule has 0 bridgehead atoms. The highest BCUT2D eigenvalue weighted by Crippen LogP contribution is 2.41. The van der Waals surface area contributed by atoms with Crippen LogP contribution < -0.4 is 5.32 Å². The van der Waals surface area contributed by atoms with E-state index in [1.54, 1.807) is 20.0 Å². The zero-order chi connectivity index (χ0) is 15.5. The van der Waals surface area contributed by atoms with Gasteiger partial charge >= 0.3 is 5.97 Å². The minimum Gasteiger partial charge on any atom is -0.465 e. The summed E-state index contributed by atoms with van der Waals surface area (Å²) in [4.78, 5) is 12.8. The van der Waals surface area contributed by atoms with Crippen molar-refractivity contribution in [2.45, 2.75) is 41.9 Å². The van der Waals surface area contributed by atoms with Crippen molar-refractivity contribution in [1.29, 1.82) is 0 Å². The molecule has 3 nitrogen and oxygen atoms in total. The fourth-order valence-corrected chi connectivity index (χ4v) is 3.93. The van der Waals surface area contributed by atoms with Crippen LogP contribution in [0, 0.1) is 11.6 Å². The van der Waals surface area contributed by atoms with Gasteiger partial charge in [-0.3, -0.25) is 4.79 Å². The van der Waals surface area contributed by atoms with Crippen LogP contribution in [-0.4, -0.2) is 30.4 Å². The van der Waals surface area contributed by atoms with Crippen molar-refractivity contribution >= 4 is 17.7 Å². The average molecular weight is 315 g/mol. The quantitative estimate of drug-likeness (QED) is 0.847. The molecule has 1 aliphatic carbocycles. The number of thioether (sulfide) groups is 1. The molecule has 0 heterocycles. The lowest BCUT2D eigenvalue weighted by molar-refractivity contribution is -0.150. The molecular formula is C15H19F2NO2S. The number of rotatable bonds is 5. The lowest BCUT2D eigenvalue weighted by atomic mass is 9.98. The van der Waals surface area contributed by atoms with Crippen LogP contribution in [0.25, 0.3) is 0 Å². The number of halogens is 2. The van der Waals surface area contributed by atoms with Gasteiger partial charge in [0.2, 0.25) is 0 Å². The van der Waals surface area contributed by atoms with E-state index >= 15 is 0 Å². The minimum atomic E-state index is -0.845. The van der Waals surface area contributed by atoms with Crippen LogP contribution in [0.2, 0.25) is 0 Å². The maximum atomic E-state index is 13.2. The molecule has 0 saturated heterocycles. The molecule has 0 aromatic heterocycles. The summed E-state index contributed by atoms with van der Waals surface area (Å²) in [5.41, 5.74) is -0.660. The van der Waals surface area contributed by atoms with Crippen LogP contribution in [0.3, 0.4) is 0 Å². The third-order valence-corrected chi connectivity index (χ3v) is 5.07. The Kier molecular flexibility index (Phi) is 5.22. The molecule has 1 N–H and O–H groups in total. The molecule has 1 fully saturated rings. The lowest BCUT2D eigenvalue weighted by Gasteiger charge is -2.26. The van der Waals surface area contributed by atoms with Gasteiger partial charge in [-0.25, -0.2) is 8.78 Å². The van der Waals surface area contributed by atoms with Gasteiger partial charge in [0.15, 0.2) is 11.6 Å². The Morgan fingerprint density at radius 1 is 1.48 bits per heavy atom. The number of carbonyl (C=O) groups is 1. The van der Waals surface area contributed by atoms with E-state index in [4.69, 9.17) is 4.74 Å². The Bertz CT molecular complexity index is 526. The third kappa shape index (κ3) is 3.55. The second kappa shape index (κ2) is 6.75. The van der Waals surface area contributed by atoms with Gasteiger partial charge in [-0.1, -0.05) is 0 Å². The Balaban J connectivity index is 2.04. The molecule has 2 unspecified atom stereocenters. The highest BCUT2D eigenvalue weighted by Gasteiger charge is 2.45. The first kappa shape index (κ1) is 16.2. The second-order valence-corrected chi connectivity index (χ2v) is 6.48. The standard InChI is InChI=1S/C15H19F2NO2S/c1-3-20-14(19)15(18-2)7-6-11(9-15)21-10-4-5-12(16)13(17)8-10/h4-5,8,11,18H,3,6-7,9H2,1-2H3. The molecular weight excluding hydrogens is 296 g/mol. The first-order valence-electron chi connectivity index (χ1n) is 6.98. The Morgan fingerprint density at radius 3 is 2.86 bits per heavy atom. The predicted octanol–water partition coefficient (Wildman–Crippen LogP) is 3.13. The summed E-state index contributed by atoms with van der Waals surface area (Å²) in [6.45, 7) is 2.13. The van der Waals surface area contributed by atoms with E-state index in [1.165, 1.54) is 17.8 Å². The Morgan fingerprint density at radius 2 is 2.24 bits per heavy atom. The number of hydrogen-bond acceptors (Lipinski definition) is 4. The molecule has 0 amide bonds. The molecule has 0 radical (unpaired) electrons. The lowest BCUT2D eigenvalue weighted by Crippen LogP contribution is -2.49. The van der Waals surface area contributed by atoms with Gasteiger partial charge in [-0.2, -0.15) is 0 Å². The minimum absolute atomic E-state index is 0.173. The maximum Gasteiger partial charge on any atom is 0.326 e. The molecule has 0 aliphatic heterocycles. The van der Waals surface area contributed by atoms with Crippen molar-refractivity contribution < 1.29 is 18.3 Å². The summed E-state index contributed by atoms with van der Waals surface area (Å²) in [7, 11) is 1.75. The van der Waals surface area contributed by atoms with Crippen LogP contribution >= 0.6 is 11.8 Å². The molecule has 2 rings (SSSR count).